The number of hydrogen-bond donors (Lipinski definition) is 0. The molecule has 0 unspecified atom stereocenters. The third-order valence-electron chi connectivity index (χ3n) is 5.28. The molecule has 0 bridgehead atoms. The lowest BCUT2D eigenvalue weighted by Crippen LogP contribution is -2.33. The van der Waals surface area contributed by atoms with Crippen LogP contribution in [0.4, 0.5) is 0 Å². The quantitative estimate of drug-likeness (QED) is 0.626. The van der Waals surface area contributed by atoms with Gasteiger partial charge < -0.3 is 14.2 Å². The van der Waals surface area contributed by atoms with Crippen LogP contribution in [0, 0.1) is 6.92 Å². The van der Waals surface area contributed by atoms with Gasteiger partial charge in [0.2, 0.25) is 0 Å². The monoisotopic (exact) mass is 375 g/mol. The molecule has 0 aliphatic heterocycles. The maximum Gasteiger partial charge on any atom is 0.254 e. The summed E-state index contributed by atoms with van der Waals surface area (Å²) in [6.07, 6.45) is 5.90. The van der Waals surface area contributed by atoms with Crippen LogP contribution >= 0.6 is 0 Å². The summed E-state index contributed by atoms with van der Waals surface area (Å²) in [5.74, 6) is 1.64. The van der Waals surface area contributed by atoms with Crippen molar-refractivity contribution in [2.75, 3.05) is 7.11 Å². The predicted octanol–water partition coefficient (Wildman–Crippen LogP) is 4.05. The Hall–Kier alpha value is -3.08. The maximum absolute atomic E-state index is 13.2. The highest BCUT2D eigenvalue weighted by Gasteiger charge is 2.34. The second-order valence-electron chi connectivity index (χ2n) is 7.29. The molecule has 0 radical (unpaired) electrons. The number of aryl methyl sites for hydroxylation is 1. The Morgan fingerprint density at radius 2 is 2.04 bits per heavy atom. The van der Waals surface area contributed by atoms with Crippen molar-refractivity contribution >= 4 is 5.91 Å². The van der Waals surface area contributed by atoms with E-state index in [9.17, 15) is 4.79 Å². The molecule has 144 valence electrons. The Balaban J connectivity index is 1.56. The van der Waals surface area contributed by atoms with Gasteiger partial charge in [-0.15, -0.1) is 0 Å². The van der Waals surface area contributed by atoms with Crippen molar-refractivity contribution in [1.82, 2.24) is 14.5 Å². The van der Waals surface area contributed by atoms with Crippen LogP contribution in [-0.4, -0.2) is 33.5 Å². The maximum atomic E-state index is 13.2. The van der Waals surface area contributed by atoms with Gasteiger partial charge in [-0.2, -0.15) is 0 Å². The standard InChI is InChI=1S/C23H25N3O2/c1-17-6-3-4-7-19(17)15-25-13-12-24-22(25)16-26(20-10-11-20)23(27)18-8-5-9-21(14-18)28-2/h3-9,12-14,20H,10-11,15-16H2,1-2H3. The third kappa shape index (κ3) is 3.93. The molecule has 0 atom stereocenters. The van der Waals surface area contributed by atoms with Gasteiger partial charge >= 0.3 is 0 Å². The van der Waals surface area contributed by atoms with Crippen LogP contribution in [0.3, 0.4) is 0 Å². The molecule has 1 aliphatic rings. The number of methoxy groups -OCH3 is 1. The van der Waals surface area contributed by atoms with E-state index < -0.39 is 0 Å². The summed E-state index contributed by atoms with van der Waals surface area (Å²) in [5.41, 5.74) is 3.18. The van der Waals surface area contributed by atoms with Crippen LogP contribution in [0.15, 0.2) is 60.9 Å². The van der Waals surface area contributed by atoms with Gasteiger partial charge in [0.25, 0.3) is 5.91 Å². The normalized spacial score (nSPS) is 13.4. The highest BCUT2D eigenvalue weighted by Crippen LogP contribution is 2.30. The van der Waals surface area contributed by atoms with Gasteiger partial charge in [-0.1, -0.05) is 30.3 Å². The van der Waals surface area contributed by atoms with E-state index in [-0.39, 0.29) is 5.91 Å². The van der Waals surface area contributed by atoms with Crippen LogP contribution in [0.2, 0.25) is 0 Å². The van der Waals surface area contributed by atoms with Crippen molar-refractivity contribution in [2.45, 2.75) is 38.9 Å². The second kappa shape index (κ2) is 7.89. The zero-order valence-corrected chi connectivity index (χ0v) is 16.3. The number of imidazole rings is 1. The zero-order valence-electron chi connectivity index (χ0n) is 16.3. The second-order valence-corrected chi connectivity index (χ2v) is 7.29. The summed E-state index contributed by atoms with van der Waals surface area (Å²) in [6.45, 7) is 3.39. The minimum Gasteiger partial charge on any atom is -0.497 e. The molecule has 3 aromatic rings. The van der Waals surface area contributed by atoms with E-state index in [1.165, 1.54) is 11.1 Å². The Labute approximate surface area is 165 Å². The van der Waals surface area contributed by atoms with Crippen LogP contribution in [0.25, 0.3) is 0 Å². The number of rotatable bonds is 7. The van der Waals surface area contributed by atoms with E-state index in [2.05, 4.69) is 40.7 Å². The average molecular weight is 375 g/mol. The van der Waals surface area contributed by atoms with Crippen molar-refractivity contribution in [2.24, 2.45) is 0 Å². The number of benzene rings is 2. The molecule has 1 heterocycles. The summed E-state index contributed by atoms with van der Waals surface area (Å²) in [6, 6.07) is 16.0. The first-order valence-corrected chi connectivity index (χ1v) is 9.65. The fraction of sp³-hybridized carbons (Fsp3) is 0.304. The van der Waals surface area contributed by atoms with E-state index in [0.29, 0.717) is 23.9 Å². The van der Waals surface area contributed by atoms with Crippen LogP contribution in [0.1, 0.15) is 40.2 Å². The van der Waals surface area contributed by atoms with Crippen LogP contribution in [-0.2, 0) is 13.1 Å². The smallest absolute Gasteiger partial charge is 0.254 e. The molecule has 0 spiro atoms. The minimum absolute atomic E-state index is 0.0341. The third-order valence-corrected chi connectivity index (χ3v) is 5.28. The summed E-state index contributed by atoms with van der Waals surface area (Å²) >= 11 is 0. The summed E-state index contributed by atoms with van der Waals surface area (Å²) in [4.78, 5) is 19.7. The summed E-state index contributed by atoms with van der Waals surface area (Å²) in [5, 5.41) is 0. The molecule has 1 aromatic heterocycles. The van der Waals surface area contributed by atoms with E-state index >= 15 is 0 Å². The number of nitrogens with zero attached hydrogens (tertiary/aromatic N) is 3. The van der Waals surface area contributed by atoms with E-state index in [0.717, 1.165) is 25.2 Å². The summed E-state index contributed by atoms with van der Waals surface area (Å²) < 4.78 is 7.41. The number of aromatic nitrogens is 2. The first kappa shape index (κ1) is 18.3. The molecule has 28 heavy (non-hydrogen) atoms. The minimum atomic E-state index is 0.0341. The molecule has 1 fully saturated rings. The van der Waals surface area contributed by atoms with Crippen LogP contribution < -0.4 is 4.74 Å². The Morgan fingerprint density at radius 1 is 1.21 bits per heavy atom. The zero-order chi connectivity index (χ0) is 19.5. The lowest BCUT2D eigenvalue weighted by Gasteiger charge is -2.23. The van der Waals surface area contributed by atoms with Crippen molar-refractivity contribution in [3.8, 4) is 5.75 Å². The molecular weight excluding hydrogens is 350 g/mol. The van der Waals surface area contributed by atoms with E-state index in [1.807, 2.05) is 35.5 Å². The van der Waals surface area contributed by atoms with Gasteiger partial charge in [-0.3, -0.25) is 4.79 Å². The number of ether oxygens (including phenoxy) is 1. The van der Waals surface area contributed by atoms with E-state index in [1.54, 1.807) is 13.2 Å². The molecule has 1 saturated carbocycles. The molecule has 4 rings (SSSR count). The fourth-order valence-corrected chi connectivity index (χ4v) is 3.43. The van der Waals surface area contributed by atoms with Crippen molar-refractivity contribution in [3.63, 3.8) is 0 Å². The topological polar surface area (TPSA) is 47.4 Å². The average Bonchev–Trinajstić information content (AvgIpc) is 3.47. The fourth-order valence-electron chi connectivity index (χ4n) is 3.43. The van der Waals surface area contributed by atoms with Gasteiger partial charge in [0.1, 0.15) is 11.6 Å². The molecule has 1 aliphatic carbocycles. The molecule has 5 nitrogen and oxygen atoms in total. The number of carbonyl (C=O) groups is 1. The Morgan fingerprint density at radius 3 is 2.79 bits per heavy atom. The number of hydrogen-bond acceptors (Lipinski definition) is 3. The van der Waals surface area contributed by atoms with Crippen molar-refractivity contribution in [3.05, 3.63) is 83.4 Å². The van der Waals surface area contributed by atoms with Gasteiger partial charge in [-0.25, -0.2) is 4.98 Å². The van der Waals surface area contributed by atoms with Gasteiger partial charge in [0, 0.05) is 30.5 Å². The summed E-state index contributed by atoms with van der Waals surface area (Å²) in [7, 11) is 1.62. The largest absolute Gasteiger partial charge is 0.497 e. The highest BCUT2D eigenvalue weighted by atomic mass is 16.5. The molecule has 2 aromatic carbocycles. The van der Waals surface area contributed by atoms with E-state index in [4.69, 9.17) is 4.74 Å². The van der Waals surface area contributed by atoms with Crippen molar-refractivity contribution in [1.29, 1.82) is 0 Å². The number of amides is 1. The first-order chi connectivity index (χ1) is 13.7. The lowest BCUT2D eigenvalue weighted by atomic mass is 10.1. The lowest BCUT2D eigenvalue weighted by molar-refractivity contribution is 0.0723. The van der Waals surface area contributed by atoms with Gasteiger partial charge in [-0.05, 0) is 49.1 Å². The SMILES string of the molecule is COc1cccc(C(=O)N(Cc2nccn2Cc2ccccc2C)C2CC2)c1. The molecule has 0 N–H and O–H groups in total. The Kier molecular flexibility index (Phi) is 5.15. The molecule has 1 amide bonds. The molecule has 5 heteroatoms. The predicted molar refractivity (Wildman–Crippen MR) is 108 cm³/mol. The molecule has 0 saturated heterocycles. The van der Waals surface area contributed by atoms with Crippen molar-refractivity contribution < 1.29 is 9.53 Å². The number of carbonyl (C=O) groups excluding carboxylic acids is 1. The van der Waals surface area contributed by atoms with Crippen LogP contribution in [0.5, 0.6) is 5.75 Å². The highest BCUT2D eigenvalue weighted by molar-refractivity contribution is 5.95. The first-order valence-electron chi connectivity index (χ1n) is 9.65. The Bertz CT molecular complexity index is 975. The molecular formula is C23H25N3O2. The van der Waals surface area contributed by atoms with Gasteiger partial charge in [0.15, 0.2) is 0 Å². The van der Waals surface area contributed by atoms with Gasteiger partial charge in [0.05, 0.1) is 13.7 Å².